The molecule has 2 aliphatic rings. The van der Waals surface area contributed by atoms with Crippen molar-refractivity contribution in [3.05, 3.63) is 0 Å². The summed E-state index contributed by atoms with van der Waals surface area (Å²) in [6.07, 6.45) is 3.85. The van der Waals surface area contributed by atoms with E-state index in [0.29, 0.717) is 12.5 Å². The Labute approximate surface area is 91.5 Å². The van der Waals surface area contributed by atoms with Crippen LogP contribution in [0.25, 0.3) is 0 Å². The number of carboxylic acid groups (broad SMARTS) is 1. The van der Waals surface area contributed by atoms with Crippen molar-refractivity contribution in [2.75, 3.05) is 13.1 Å². The molecule has 2 unspecified atom stereocenters. The first-order valence-electron chi connectivity index (χ1n) is 5.97. The largest absolute Gasteiger partial charge is 0.481 e. The first kappa shape index (κ1) is 10.9. The Bertz CT molecular complexity index is 260. The maximum atomic E-state index is 10.8. The van der Waals surface area contributed by atoms with Crippen LogP contribution in [0.5, 0.6) is 0 Å². The summed E-state index contributed by atoms with van der Waals surface area (Å²) in [7, 11) is 0. The normalized spacial score (nSPS) is 34.3. The van der Waals surface area contributed by atoms with Crippen molar-refractivity contribution in [3.63, 3.8) is 0 Å². The maximum absolute atomic E-state index is 10.8. The Balaban J connectivity index is 1.89. The van der Waals surface area contributed by atoms with Crippen molar-refractivity contribution >= 4 is 5.97 Å². The first-order valence-corrected chi connectivity index (χ1v) is 5.97. The van der Waals surface area contributed by atoms with Crippen LogP contribution in [-0.4, -0.2) is 35.1 Å². The number of aliphatic carboxylic acids is 1. The highest BCUT2D eigenvalue weighted by Gasteiger charge is 2.47. The van der Waals surface area contributed by atoms with Gasteiger partial charge in [0.15, 0.2) is 0 Å². The zero-order valence-corrected chi connectivity index (χ0v) is 9.70. The third-order valence-electron chi connectivity index (χ3n) is 3.93. The standard InChI is InChI=1S/C12H21NO2/c1-9-5-10(2)13(7-9)8-12(3-4-12)6-11(14)15/h9-10H,3-8H2,1-2H3,(H,14,15). The molecule has 0 aromatic carbocycles. The molecule has 1 aliphatic heterocycles. The maximum Gasteiger partial charge on any atom is 0.303 e. The highest BCUT2D eigenvalue weighted by atomic mass is 16.4. The summed E-state index contributed by atoms with van der Waals surface area (Å²) in [6, 6.07) is 0.645. The molecule has 1 heterocycles. The van der Waals surface area contributed by atoms with Crippen LogP contribution in [0.1, 0.15) is 39.5 Å². The van der Waals surface area contributed by atoms with Crippen LogP contribution in [0.3, 0.4) is 0 Å². The molecule has 3 heteroatoms. The van der Waals surface area contributed by atoms with E-state index in [2.05, 4.69) is 18.7 Å². The molecular weight excluding hydrogens is 190 g/mol. The Morgan fingerprint density at radius 1 is 1.47 bits per heavy atom. The highest BCUT2D eigenvalue weighted by Crippen LogP contribution is 2.50. The number of likely N-dealkylation sites (tertiary alicyclic amines) is 1. The summed E-state index contributed by atoms with van der Waals surface area (Å²) in [6.45, 7) is 6.71. The Morgan fingerprint density at radius 2 is 2.13 bits per heavy atom. The summed E-state index contributed by atoms with van der Waals surface area (Å²) < 4.78 is 0. The molecule has 1 aliphatic carbocycles. The van der Waals surface area contributed by atoms with Crippen LogP contribution in [0, 0.1) is 11.3 Å². The summed E-state index contributed by atoms with van der Waals surface area (Å²) in [5.74, 6) is 0.146. The molecule has 1 saturated carbocycles. The predicted molar refractivity (Wildman–Crippen MR) is 58.7 cm³/mol. The van der Waals surface area contributed by atoms with Crippen molar-refractivity contribution in [2.45, 2.75) is 45.6 Å². The third-order valence-corrected chi connectivity index (χ3v) is 3.93. The molecular formula is C12H21NO2. The van der Waals surface area contributed by atoms with Gasteiger partial charge in [0.1, 0.15) is 0 Å². The fourth-order valence-electron chi connectivity index (χ4n) is 2.93. The SMILES string of the molecule is CC1CC(C)N(CC2(CC(=O)O)CC2)C1. The molecule has 0 bridgehead atoms. The van der Waals surface area contributed by atoms with Crippen LogP contribution in [0.2, 0.25) is 0 Å². The second kappa shape index (κ2) is 3.78. The minimum atomic E-state index is -0.632. The molecule has 0 radical (unpaired) electrons. The second-order valence-corrected chi connectivity index (χ2v) is 5.69. The van der Waals surface area contributed by atoms with Gasteiger partial charge < -0.3 is 5.11 Å². The molecule has 0 spiro atoms. The molecule has 1 saturated heterocycles. The lowest BCUT2D eigenvalue weighted by Gasteiger charge is -2.26. The van der Waals surface area contributed by atoms with Gasteiger partial charge in [0.2, 0.25) is 0 Å². The smallest absolute Gasteiger partial charge is 0.303 e. The van der Waals surface area contributed by atoms with Crippen molar-refractivity contribution in [1.82, 2.24) is 4.90 Å². The summed E-state index contributed by atoms with van der Waals surface area (Å²) >= 11 is 0. The van der Waals surface area contributed by atoms with Gasteiger partial charge in [-0.25, -0.2) is 0 Å². The number of carboxylic acids is 1. The van der Waals surface area contributed by atoms with Crippen molar-refractivity contribution in [1.29, 1.82) is 0 Å². The van der Waals surface area contributed by atoms with E-state index in [4.69, 9.17) is 5.11 Å². The van der Waals surface area contributed by atoms with Crippen molar-refractivity contribution in [2.24, 2.45) is 11.3 Å². The van der Waals surface area contributed by atoms with Crippen LogP contribution in [0.4, 0.5) is 0 Å². The molecule has 1 N–H and O–H groups in total. The van der Waals surface area contributed by atoms with Gasteiger partial charge in [-0.05, 0) is 37.5 Å². The van der Waals surface area contributed by atoms with E-state index in [9.17, 15) is 4.79 Å². The summed E-state index contributed by atoms with van der Waals surface area (Å²) in [5, 5.41) is 8.86. The van der Waals surface area contributed by atoms with E-state index in [-0.39, 0.29) is 5.41 Å². The van der Waals surface area contributed by atoms with Crippen molar-refractivity contribution in [3.8, 4) is 0 Å². The molecule has 2 fully saturated rings. The number of rotatable bonds is 4. The van der Waals surface area contributed by atoms with Gasteiger partial charge in [-0.3, -0.25) is 9.69 Å². The lowest BCUT2D eigenvalue weighted by Crippen LogP contribution is -2.34. The summed E-state index contributed by atoms with van der Waals surface area (Å²) in [4.78, 5) is 13.2. The molecule has 86 valence electrons. The van der Waals surface area contributed by atoms with E-state index < -0.39 is 5.97 Å². The van der Waals surface area contributed by atoms with E-state index in [1.807, 2.05) is 0 Å². The fraction of sp³-hybridized carbons (Fsp3) is 0.917. The van der Waals surface area contributed by atoms with Crippen LogP contribution < -0.4 is 0 Å². The zero-order chi connectivity index (χ0) is 11.1. The molecule has 2 atom stereocenters. The predicted octanol–water partition coefficient (Wildman–Crippen LogP) is 1.97. The molecule has 15 heavy (non-hydrogen) atoms. The molecule has 0 aromatic heterocycles. The van der Waals surface area contributed by atoms with Gasteiger partial charge in [0, 0.05) is 19.1 Å². The summed E-state index contributed by atoms with van der Waals surface area (Å²) in [5.41, 5.74) is 0.129. The Morgan fingerprint density at radius 3 is 2.53 bits per heavy atom. The van der Waals surface area contributed by atoms with Gasteiger partial charge in [0.05, 0.1) is 6.42 Å². The first-order chi connectivity index (χ1) is 7.01. The highest BCUT2D eigenvalue weighted by molar-refractivity contribution is 5.68. The molecule has 3 nitrogen and oxygen atoms in total. The molecule has 0 amide bonds. The average molecular weight is 211 g/mol. The zero-order valence-electron chi connectivity index (χ0n) is 9.70. The Hall–Kier alpha value is -0.570. The van der Waals surface area contributed by atoms with E-state index in [1.165, 1.54) is 6.42 Å². The van der Waals surface area contributed by atoms with Gasteiger partial charge in [-0.1, -0.05) is 6.92 Å². The van der Waals surface area contributed by atoms with E-state index in [0.717, 1.165) is 31.8 Å². The van der Waals surface area contributed by atoms with Crippen LogP contribution >= 0.6 is 0 Å². The second-order valence-electron chi connectivity index (χ2n) is 5.69. The Kier molecular flexibility index (Phi) is 2.75. The van der Waals surface area contributed by atoms with Gasteiger partial charge in [0.25, 0.3) is 0 Å². The molecule has 2 rings (SSSR count). The monoisotopic (exact) mass is 211 g/mol. The van der Waals surface area contributed by atoms with Crippen LogP contribution in [-0.2, 0) is 4.79 Å². The van der Waals surface area contributed by atoms with E-state index in [1.54, 1.807) is 0 Å². The quantitative estimate of drug-likeness (QED) is 0.773. The van der Waals surface area contributed by atoms with Crippen molar-refractivity contribution < 1.29 is 9.90 Å². The molecule has 0 aromatic rings. The fourth-order valence-corrected chi connectivity index (χ4v) is 2.93. The van der Waals surface area contributed by atoms with Gasteiger partial charge in [-0.2, -0.15) is 0 Å². The third kappa shape index (κ3) is 2.51. The lowest BCUT2D eigenvalue weighted by atomic mass is 10.0. The van der Waals surface area contributed by atoms with Gasteiger partial charge in [-0.15, -0.1) is 0 Å². The topological polar surface area (TPSA) is 40.5 Å². The minimum absolute atomic E-state index is 0.129. The average Bonchev–Trinajstić information content (AvgIpc) is 2.74. The van der Waals surface area contributed by atoms with Crippen LogP contribution in [0.15, 0.2) is 0 Å². The van der Waals surface area contributed by atoms with Gasteiger partial charge >= 0.3 is 5.97 Å². The lowest BCUT2D eigenvalue weighted by molar-refractivity contribution is -0.138. The minimum Gasteiger partial charge on any atom is -0.481 e. The number of nitrogens with zero attached hydrogens (tertiary/aromatic N) is 1. The van der Waals surface area contributed by atoms with E-state index >= 15 is 0 Å². The number of hydrogen-bond donors (Lipinski definition) is 1. The number of carbonyl (C=O) groups is 1. The number of hydrogen-bond acceptors (Lipinski definition) is 2.